The minimum atomic E-state index is -0.352. The molecular formula is C20H30ClN3O3. The van der Waals surface area contributed by atoms with Gasteiger partial charge in [-0.15, -0.1) is 0 Å². The second-order valence-electron chi connectivity index (χ2n) is 7.38. The van der Waals surface area contributed by atoms with E-state index in [0.717, 1.165) is 64.4 Å². The van der Waals surface area contributed by atoms with E-state index in [2.05, 4.69) is 10.2 Å². The lowest BCUT2D eigenvalue weighted by Crippen LogP contribution is -2.56. The highest BCUT2D eigenvalue weighted by Crippen LogP contribution is 2.32. The van der Waals surface area contributed by atoms with E-state index in [1.54, 1.807) is 7.11 Å². The van der Waals surface area contributed by atoms with Crippen LogP contribution in [-0.4, -0.2) is 81.8 Å². The molecule has 2 fully saturated rings. The number of carbonyl (C=O) groups excluding carboxylic acids is 1. The molecule has 2 heterocycles. The van der Waals surface area contributed by atoms with Crippen molar-refractivity contribution in [1.82, 2.24) is 15.1 Å². The SMILES string of the molecule is COCC1(C(=O)N2CCN(CCOc3ccccc3Cl)CC2)CCNCC1. The van der Waals surface area contributed by atoms with Gasteiger partial charge in [0, 0.05) is 39.8 Å². The molecule has 0 bridgehead atoms. The van der Waals surface area contributed by atoms with E-state index in [9.17, 15) is 4.79 Å². The molecule has 7 heteroatoms. The zero-order valence-corrected chi connectivity index (χ0v) is 16.8. The van der Waals surface area contributed by atoms with E-state index in [4.69, 9.17) is 21.1 Å². The van der Waals surface area contributed by atoms with Gasteiger partial charge in [0.25, 0.3) is 0 Å². The maximum atomic E-state index is 13.2. The van der Waals surface area contributed by atoms with Gasteiger partial charge < -0.3 is 19.7 Å². The Morgan fingerprint density at radius 1 is 1.19 bits per heavy atom. The first-order valence-corrected chi connectivity index (χ1v) is 10.1. The van der Waals surface area contributed by atoms with Gasteiger partial charge in [0.2, 0.25) is 5.91 Å². The van der Waals surface area contributed by atoms with Gasteiger partial charge in [-0.1, -0.05) is 23.7 Å². The Balaban J connectivity index is 1.45. The molecule has 150 valence electrons. The number of benzene rings is 1. The van der Waals surface area contributed by atoms with Crippen LogP contribution >= 0.6 is 11.6 Å². The molecule has 2 aliphatic heterocycles. The summed E-state index contributed by atoms with van der Waals surface area (Å²) < 4.78 is 11.2. The van der Waals surface area contributed by atoms with E-state index in [1.165, 1.54) is 0 Å². The topological polar surface area (TPSA) is 54.0 Å². The Hall–Kier alpha value is -1.34. The fourth-order valence-corrected chi connectivity index (χ4v) is 4.15. The van der Waals surface area contributed by atoms with Crippen LogP contribution in [0.4, 0.5) is 0 Å². The van der Waals surface area contributed by atoms with Gasteiger partial charge in [-0.05, 0) is 38.1 Å². The number of hydrogen-bond acceptors (Lipinski definition) is 5. The Morgan fingerprint density at radius 2 is 1.89 bits per heavy atom. The molecule has 27 heavy (non-hydrogen) atoms. The summed E-state index contributed by atoms with van der Waals surface area (Å²) in [6.45, 7) is 6.99. The molecule has 3 rings (SSSR count). The van der Waals surface area contributed by atoms with Crippen LogP contribution in [0, 0.1) is 5.41 Å². The fraction of sp³-hybridized carbons (Fsp3) is 0.650. The number of piperidine rings is 1. The molecule has 0 spiro atoms. The molecule has 1 N–H and O–H groups in total. The van der Waals surface area contributed by atoms with E-state index >= 15 is 0 Å². The number of halogens is 1. The number of hydrogen-bond donors (Lipinski definition) is 1. The summed E-state index contributed by atoms with van der Waals surface area (Å²) in [4.78, 5) is 17.5. The summed E-state index contributed by atoms with van der Waals surface area (Å²) in [5, 5.41) is 3.98. The van der Waals surface area contributed by atoms with Gasteiger partial charge in [-0.3, -0.25) is 9.69 Å². The lowest BCUT2D eigenvalue weighted by molar-refractivity contribution is -0.149. The smallest absolute Gasteiger partial charge is 0.231 e. The summed E-state index contributed by atoms with van der Waals surface area (Å²) in [7, 11) is 1.69. The Bertz CT molecular complexity index is 609. The van der Waals surface area contributed by atoms with E-state index in [-0.39, 0.29) is 11.3 Å². The third-order valence-electron chi connectivity index (χ3n) is 5.60. The number of para-hydroxylation sites is 1. The average Bonchev–Trinajstić information content (AvgIpc) is 2.70. The first-order chi connectivity index (χ1) is 13.1. The lowest BCUT2D eigenvalue weighted by atomic mass is 9.78. The van der Waals surface area contributed by atoms with Crippen LogP contribution in [-0.2, 0) is 9.53 Å². The number of nitrogens with zero attached hydrogens (tertiary/aromatic N) is 2. The van der Waals surface area contributed by atoms with Crippen molar-refractivity contribution in [3.8, 4) is 5.75 Å². The summed E-state index contributed by atoms with van der Waals surface area (Å²) in [6.07, 6.45) is 1.71. The molecule has 6 nitrogen and oxygen atoms in total. The zero-order valence-electron chi connectivity index (χ0n) is 16.1. The van der Waals surface area contributed by atoms with Gasteiger partial charge >= 0.3 is 0 Å². The van der Waals surface area contributed by atoms with Crippen molar-refractivity contribution in [2.45, 2.75) is 12.8 Å². The van der Waals surface area contributed by atoms with Crippen molar-refractivity contribution in [2.75, 3.05) is 66.1 Å². The van der Waals surface area contributed by atoms with Gasteiger partial charge in [0.05, 0.1) is 17.0 Å². The lowest BCUT2D eigenvalue weighted by Gasteiger charge is -2.42. The molecule has 0 atom stereocenters. The fourth-order valence-electron chi connectivity index (χ4n) is 3.96. The number of methoxy groups -OCH3 is 1. The Morgan fingerprint density at radius 3 is 2.56 bits per heavy atom. The van der Waals surface area contributed by atoms with Gasteiger partial charge in [0.1, 0.15) is 12.4 Å². The van der Waals surface area contributed by atoms with Crippen LogP contribution in [0.25, 0.3) is 0 Å². The number of amides is 1. The maximum Gasteiger partial charge on any atom is 0.231 e. The van der Waals surface area contributed by atoms with Crippen LogP contribution in [0.1, 0.15) is 12.8 Å². The highest BCUT2D eigenvalue weighted by atomic mass is 35.5. The molecule has 1 aromatic rings. The number of carbonyl (C=O) groups is 1. The third-order valence-corrected chi connectivity index (χ3v) is 5.91. The van der Waals surface area contributed by atoms with E-state index < -0.39 is 0 Å². The van der Waals surface area contributed by atoms with Gasteiger partial charge in [-0.25, -0.2) is 0 Å². The van der Waals surface area contributed by atoms with Crippen LogP contribution in [0.2, 0.25) is 5.02 Å². The molecular weight excluding hydrogens is 366 g/mol. The maximum absolute atomic E-state index is 13.2. The van der Waals surface area contributed by atoms with Crippen molar-refractivity contribution < 1.29 is 14.3 Å². The number of piperazine rings is 1. The molecule has 2 saturated heterocycles. The molecule has 0 aromatic heterocycles. The van der Waals surface area contributed by atoms with Crippen LogP contribution in [0.15, 0.2) is 24.3 Å². The van der Waals surface area contributed by atoms with Crippen molar-refractivity contribution >= 4 is 17.5 Å². The Kier molecular flexibility index (Phi) is 7.35. The second kappa shape index (κ2) is 9.73. The molecule has 0 saturated carbocycles. The highest BCUT2D eigenvalue weighted by molar-refractivity contribution is 6.32. The second-order valence-corrected chi connectivity index (χ2v) is 7.78. The molecule has 0 radical (unpaired) electrons. The van der Waals surface area contributed by atoms with Crippen LogP contribution < -0.4 is 10.1 Å². The predicted molar refractivity (Wildman–Crippen MR) is 106 cm³/mol. The van der Waals surface area contributed by atoms with Crippen molar-refractivity contribution in [3.05, 3.63) is 29.3 Å². The Labute approximate surface area is 166 Å². The normalized spacial score (nSPS) is 20.4. The number of rotatable bonds is 7. The monoisotopic (exact) mass is 395 g/mol. The van der Waals surface area contributed by atoms with Gasteiger partial charge in [-0.2, -0.15) is 0 Å². The van der Waals surface area contributed by atoms with E-state index in [0.29, 0.717) is 18.2 Å². The van der Waals surface area contributed by atoms with Gasteiger partial charge in [0.15, 0.2) is 0 Å². The number of ether oxygens (including phenoxy) is 2. The minimum Gasteiger partial charge on any atom is -0.491 e. The standard InChI is InChI=1S/C20H30ClN3O3/c1-26-16-20(6-8-22-9-7-20)19(25)24-12-10-23(11-13-24)14-15-27-18-5-3-2-4-17(18)21/h2-5,22H,6-16H2,1H3. The summed E-state index contributed by atoms with van der Waals surface area (Å²) >= 11 is 6.11. The summed E-state index contributed by atoms with van der Waals surface area (Å²) in [5.74, 6) is 0.984. The van der Waals surface area contributed by atoms with Crippen molar-refractivity contribution in [2.24, 2.45) is 5.41 Å². The molecule has 0 unspecified atom stereocenters. The molecule has 1 aromatic carbocycles. The highest BCUT2D eigenvalue weighted by Gasteiger charge is 2.42. The number of nitrogens with one attached hydrogen (secondary N) is 1. The summed E-state index contributed by atoms with van der Waals surface area (Å²) in [6, 6.07) is 7.53. The van der Waals surface area contributed by atoms with Crippen LogP contribution in [0.5, 0.6) is 5.75 Å². The minimum absolute atomic E-state index is 0.262. The summed E-state index contributed by atoms with van der Waals surface area (Å²) in [5.41, 5.74) is -0.352. The van der Waals surface area contributed by atoms with E-state index in [1.807, 2.05) is 29.2 Å². The first-order valence-electron chi connectivity index (χ1n) is 9.73. The first kappa shape index (κ1) is 20.4. The third kappa shape index (κ3) is 5.13. The molecule has 2 aliphatic rings. The molecule has 1 amide bonds. The van der Waals surface area contributed by atoms with Crippen LogP contribution in [0.3, 0.4) is 0 Å². The molecule has 0 aliphatic carbocycles. The van der Waals surface area contributed by atoms with Crippen molar-refractivity contribution in [1.29, 1.82) is 0 Å². The zero-order chi connectivity index (χ0) is 19.1. The largest absolute Gasteiger partial charge is 0.491 e. The van der Waals surface area contributed by atoms with Crippen molar-refractivity contribution in [3.63, 3.8) is 0 Å². The average molecular weight is 396 g/mol. The quantitative estimate of drug-likeness (QED) is 0.764. The predicted octanol–water partition coefficient (Wildman–Crippen LogP) is 1.88.